The molecule has 116 valence electrons. The molecule has 1 atom stereocenters. The summed E-state index contributed by atoms with van der Waals surface area (Å²) in [6.45, 7) is 2.28. The molecule has 7 nitrogen and oxygen atoms in total. The summed E-state index contributed by atoms with van der Waals surface area (Å²) in [7, 11) is 0. The fourth-order valence-electron chi connectivity index (χ4n) is 2.69. The lowest BCUT2D eigenvalue weighted by atomic mass is 10.1. The zero-order chi connectivity index (χ0) is 15.7. The predicted octanol–water partition coefficient (Wildman–Crippen LogP) is 0.682. The first-order valence-electron chi connectivity index (χ1n) is 7.27. The number of piperidine rings is 1. The number of carbonyl (C=O) groups is 2. The Kier molecular flexibility index (Phi) is 3.81. The van der Waals surface area contributed by atoms with Crippen LogP contribution in [0.3, 0.4) is 0 Å². The Hall–Kier alpha value is -2.41. The molecule has 2 amide bonds. The molecule has 0 aliphatic carbocycles. The van der Waals surface area contributed by atoms with Gasteiger partial charge in [0.2, 0.25) is 5.91 Å². The van der Waals surface area contributed by atoms with Crippen LogP contribution in [0.4, 0.5) is 0 Å². The topological polar surface area (TPSA) is 86.9 Å². The summed E-state index contributed by atoms with van der Waals surface area (Å²) < 4.78 is 1.87. The van der Waals surface area contributed by atoms with Gasteiger partial charge in [-0.1, -0.05) is 6.07 Å². The minimum absolute atomic E-state index is 0.107. The van der Waals surface area contributed by atoms with Crippen molar-refractivity contribution in [2.24, 2.45) is 0 Å². The maximum Gasteiger partial charge on any atom is 0.268 e. The summed E-state index contributed by atoms with van der Waals surface area (Å²) in [5.74, 6) is -0.722. The Balaban J connectivity index is 1.68. The maximum absolute atomic E-state index is 12.1. The molecule has 1 aliphatic heterocycles. The first-order valence-corrected chi connectivity index (χ1v) is 7.27. The maximum atomic E-state index is 12.1. The molecule has 2 aromatic heterocycles. The smallest absolute Gasteiger partial charge is 0.268 e. The fraction of sp³-hybridized carbons (Fsp3) is 0.400. The van der Waals surface area contributed by atoms with E-state index in [0.717, 1.165) is 11.2 Å². The SMILES string of the molecule is Cc1cccn2cc(CC(=O)NC3CCCN(O)C3=O)nc12. The van der Waals surface area contributed by atoms with E-state index < -0.39 is 11.9 Å². The van der Waals surface area contributed by atoms with E-state index in [1.807, 2.05) is 35.9 Å². The molecule has 1 unspecified atom stereocenters. The number of aromatic nitrogens is 2. The van der Waals surface area contributed by atoms with Gasteiger partial charge in [-0.25, -0.2) is 10.0 Å². The number of rotatable bonds is 3. The average molecular weight is 302 g/mol. The van der Waals surface area contributed by atoms with E-state index in [0.29, 0.717) is 30.1 Å². The number of pyridine rings is 1. The molecule has 2 aromatic rings. The van der Waals surface area contributed by atoms with Gasteiger partial charge in [0.1, 0.15) is 11.7 Å². The van der Waals surface area contributed by atoms with Gasteiger partial charge in [-0.05, 0) is 31.4 Å². The molecular weight excluding hydrogens is 284 g/mol. The Bertz CT molecular complexity index is 725. The minimum atomic E-state index is -0.648. The lowest BCUT2D eigenvalue weighted by Gasteiger charge is -2.27. The molecule has 0 bridgehead atoms. The van der Waals surface area contributed by atoms with E-state index in [1.54, 1.807) is 0 Å². The zero-order valence-corrected chi connectivity index (χ0v) is 12.3. The Morgan fingerprint density at radius 3 is 3.14 bits per heavy atom. The van der Waals surface area contributed by atoms with Crippen molar-refractivity contribution in [3.05, 3.63) is 35.8 Å². The lowest BCUT2D eigenvalue weighted by molar-refractivity contribution is -0.173. The van der Waals surface area contributed by atoms with Crippen LogP contribution in [-0.2, 0) is 16.0 Å². The van der Waals surface area contributed by atoms with Crippen molar-refractivity contribution in [3.8, 4) is 0 Å². The quantitative estimate of drug-likeness (QED) is 0.816. The summed E-state index contributed by atoms with van der Waals surface area (Å²) in [4.78, 5) is 28.3. The van der Waals surface area contributed by atoms with Gasteiger partial charge in [0.15, 0.2) is 0 Å². The van der Waals surface area contributed by atoms with E-state index in [2.05, 4.69) is 10.3 Å². The van der Waals surface area contributed by atoms with Crippen molar-refractivity contribution < 1.29 is 14.8 Å². The Morgan fingerprint density at radius 1 is 1.55 bits per heavy atom. The third-order valence-electron chi connectivity index (χ3n) is 3.82. The molecule has 22 heavy (non-hydrogen) atoms. The number of imidazole rings is 1. The predicted molar refractivity (Wildman–Crippen MR) is 78.3 cm³/mol. The third kappa shape index (κ3) is 2.80. The summed E-state index contributed by atoms with van der Waals surface area (Å²) in [5.41, 5.74) is 2.50. The van der Waals surface area contributed by atoms with E-state index in [1.165, 1.54) is 0 Å². The largest absolute Gasteiger partial charge is 0.344 e. The monoisotopic (exact) mass is 302 g/mol. The van der Waals surface area contributed by atoms with Gasteiger partial charge in [-0.3, -0.25) is 14.8 Å². The second-order valence-corrected chi connectivity index (χ2v) is 5.55. The number of nitrogens with zero attached hydrogens (tertiary/aromatic N) is 3. The number of amides is 2. The summed E-state index contributed by atoms with van der Waals surface area (Å²) in [6.07, 6.45) is 5.01. The number of hydroxylamine groups is 2. The highest BCUT2D eigenvalue weighted by atomic mass is 16.5. The van der Waals surface area contributed by atoms with Crippen LogP contribution in [0.25, 0.3) is 5.65 Å². The van der Waals surface area contributed by atoms with Crippen LogP contribution in [0.1, 0.15) is 24.1 Å². The highest BCUT2D eigenvalue weighted by molar-refractivity contribution is 5.88. The van der Waals surface area contributed by atoms with Crippen LogP contribution in [-0.4, -0.2) is 44.1 Å². The number of carbonyl (C=O) groups excluding carboxylic acids is 2. The van der Waals surface area contributed by atoms with Crippen molar-refractivity contribution >= 4 is 17.5 Å². The van der Waals surface area contributed by atoms with Crippen LogP contribution in [0.15, 0.2) is 24.5 Å². The molecule has 0 spiro atoms. The minimum Gasteiger partial charge on any atom is -0.344 e. The van der Waals surface area contributed by atoms with Crippen molar-refractivity contribution in [3.63, 3.8) is 0 Å². The molecule has 0 radical (unpaired) electrons. The molecule has 0 aromatic carbocycles. The standard InChI is InChI=1S/C15H18N4O3/c1-10-4-2-6-18-9-11(16-14(10)18)8-13(20)17-12-5-3-7-19(22)15(12)21/h2,4,6,9,12,22H,3,5,7-8H2,1H3,(H,17,20). The number of fused-ring (bicyclic) bond motifs is 1. The van der Waals surface area contributed by atoms with Crippen LogP contribution in [0, 0.1) is 6.92 Å². The Labute approximate surface area is 127 Å². The third-order valence-corrected chi connectivity index (χ3v) is 3.82. The number of hydrogen-bond acceptors (Lipinski definition) is 4. The van der Waals surface area contributed by atoms with Gasteiger partial charge in [0.25, 0.3) is 5.91 Å². The normalized spacial score (nSPS) is 18.7. The van der Waals surface area contributed by atoms with Crippen molar-refractivity contribution in [2.75, 3.05) is 6.54 Å². The molecular formula is C15H18N4O3. The van der Waals surface area contributed by atoms with E-state index in [-0.39, 0.29) is 12.3 Å². The average Bonchev–Trinajstić information content (AvgIpc) is 2.88. The molecule has 2 N–H and O–H groups in total. The zero-order valence-electron chi connectivity index (χ0n) is 12.3. The van der Waals surface area contributed by atoms with Crippen LogP contribution in [0.5, 0.6) is 0 Å². The van der Waals surface area contributed by atoms with Crippen molar-refractivity contribution in [1.29, 1.82) is 0 Å². The first-order chi connectivity index (χ1) is 10.5. The highest BCUT2D eigenvalue weighted by Crippen LogP contribution is 2.12. The van der Waals surface area contributed by atoms with Crippen LogP contribution >= 0.6 is 0 Å². The second kappa shape index (κ2) is 5.76. The van der Waals surface area contributed by atoms with Gasteiger partial charge < -0.3 is 9.72 Å². The second-order valence-electron chi connectivity index (χ2n) is 5.55. The molecule has 3 rings (SSSR count). The van der Waals surface area contributed by atoms with E-state index in [4.69, 9.17) is 0 Å². The summed E-state index contributed by atoms with van der Waals surface area (Å²) in [6, 6.07) is 3.23. The molecule has 1 saturated heterocycles. The highest BCUT2D eigenvalue weighted by Gasteiger charge is 2.29. The van der Waals surface area contributed by atoms with E-state index >= 15 is 0 Å². The van der Waals surface area contributed by atoms with Gasteiger partial charge >= 0.3 is 0 Å². The van der Waals surface area contributed by atoms with Crippen LogP contribution < -0.4 is 5.32 Å². The number of nitrogens with one attached hydrogen (secondary N) is 1. The molecule has 1 fully saturated rings. The fourth-order valence-corrected chi connectivity index (χ4v) is 2.69. The Morgan fingerprint density at radius 2 is 2.36 bits per heavy atom. The van der Waals surface area contributed by atoms with Gasteiger partial charge in [0, 0.05) is 18.9 Å². The van der Waals surface area contributed by atoms with E-state index in [9.17, 15) is 14.8 Å². The molecule has 0 saturated carbocycles. The van der Waals surface area contributed by atoms with Crippen molar-refractivity contribution in [2.45, 2.75) is 32.2 Å². The van der Waals surface area contributed by atoms with Gasteiger partial charge in [-0.15, -0.1) is 0 Å². The number of hydrogen-bond donors (Lipinski definition) is 2. The molecule has 1 aliphatic rings. The van der Waals surface area contributed by atoms with Crippen molar-refractivity contribution in [1.82, 2.24) is 19.8 Å². The van der Waals surface area contributed by atoms with Crippen LogP contribution in [0.2, 0.25) is 0 Å². The summed E-state index contributed by atoms with van der Waals surface area (Å²) in [5, 5.41) is 12.7. The summed E-state index contributed by atoms with van der Waals surface area (Å²) >= 11 is 0. The molecule has 7 heteroatoms. The lowest BCUT2D eigenvalue weighted by Crippen LogP contribution is -2.51. The van der Waals surface area contributed by atoms with Gasteiger partial charge in [-0.2, -0.15) is 0 Å². The number of aryl methyl sites for hydroxylation is 1. The molecule has 3 heterocycles. The first kappa shape index (κ1) is 14.5. The van der Waals surface area contributed by atoms with Gasteiger partial charge in [0.05, 0.1) is 12.1 Å².